The third kappa shape index (κ3) is 6.13. The molecule has 1 atom stereocenters. The van der Waals surface area contributed by atoms with Crippen LogP contribution < -0.4 is 24.2 Å². The Morgan fingerprint density at radius 3 is 2.15 bits per heavy atom. The Hall–Kier alpha value is -3.79. The van der Waals surface area contributed by atoms with Crippen molar-refractivity contribution < 1.29 is 31.8 Å². The number of benzene rings is 3. The Morgan fingerprint density at radius 1 is 0.909 bits per heavy atom. The molecule has 3 rings (SSSR count). The van der Waals surface area contributed by atoms with Gasteiger partial charge in [-0.25, -0.2) is 12.8 Å². The largest absolute Gasteiger partial charge is 0.497 e. The number of carbonyl (C=O) groups excluding carboxylic acids is 1. The number of anilines is 2. The van der Waals surface area contributed by atoms with Crippen LogP contribution >= 0.6 is 0 Å². The smallest absolute Gasteiger partial charge is 0.265 e. The topological polar surface area (TPSA) is 103 Å². The Balaban J connectivity index is 1.67. The van der Waals surface area contributed by atoms with Gasteiger partial charge < -0.3 is 19.5 Å². The molecule has 0 aliphatic heterocycles. The molecule has 3 aromatic carbocycles. The van der Waals surface area contributed by atoms with E-state index in [2.05, 4.69) is 10.0 Å². The van der Waals surface area contributed by atoms with Crippen LogP contribution in [0.3, 0.4) is 0 Å². The molecule has 0 aliphatic rings. The van der Waals surface area contributed by atoms with Gasteiger partial charge in [0.05, 0.1) is 24.8 Å². The van der Waals surface area contributed by atoms with E-state index in [1.165, 1.54) is 68.8 Å². The minimum absolute atomic E-state index is 0.0130. The first kappa shape index (κ1) is 23.9. The summed E-state index contributed by atoms with van der Waals surface area (Å²) in [5.41, 5.74) is 0.605. The quantitative estimate of drug-likeness (QED) is 0.485. The van der Waals surface area contributed by atoms with Gasteiger partial charge in [-0.15, -0.1) is 0 Å². The van der Waals surface area contributed by atoms with Crippen LogP contribution in [-0.2, 0) is 14.8 Å². The van der Waals surface area contributed by atoms with E-state index in [-0.39, 0.29) is 10.6 Å². The highest BCUT2D eigenvalue weighted by Gasteiger charge is 2.19. The van der Waals surface area contributed by atoms with E-state index >= 15 is 0 Å². The zero-order valence-electron chi connectivity index (χ0n) is 18.2. The lowest BCUT2D eigenvalue weighted by atomic mass is 10.3. The third-order valence-electron chi connectivity index (χ3n) is 4.58. The minimum Gasteiger partial charge on any atom is -0.497 e. The van der Waals surface area contributed by atoms with Crippen molar-refractivity contribution in [2.75, 3.05) is 24.3 Å². The highest BCUT2D eigenvalue weighted by atomic mass is 32.2. The second-order valence-electron chi connectivity index (χ2n) is 6.90. The van der Waals surface area contributed by atoms with E-state index in [1.807, 2.05) is 0 Å². The Morgan fingerprint density at radius 2 is 1.55 bits per heavy atom. The Labute approximate surface area is 191 Å². The van der Waals surface area contributed by atoms with Gasteiger partial charge in [0.25, 0.3) is 15.9 Å². The number of hydrogen-bond donors (Lipinski definition) is 2. The molecule has 33 heavy (non-hydrogen) atoms. The second-order valence-corrected chi connectivity index (χ2v) is 8.58. The van der Waals surface area contributed by atoms with E-state index < -0.39 is 27.9 Å². The maximum atomic E-state index is 13.0. The fourth-order valence-electron chi connectivity index (χ4n) is 2.83. The summed E-state index contributed by atoms with van der Waals surface area (Å²) < 4.78 is 56.9. The van der Waals surface area contributed by atoms with E-state index in [1.54, 1.807) is 19.1 Å². The van der Waals surface area contributed by atoms with Gasteiger partial charge in [-0.2, -0.15) is 0 Å². The van der Waals surface area contributed by atoms with Crippen molar-refractivity contribution in [3.05, 3.63) is 72.5 Å². The number of carbonyl (C=O) groups is 1. The van der Waals surface area contributed by atoms with Crippen LogP contribution in [0.4, 0.5) is 15.8 Å². The van der Waals surface area contributed by atoms with Crippen molar-refractivity contribution in [2.24, 2.45) is 0 Å². The highest BCUT2D eigenvalue weighted by Crippen LogP contribution is 2.31. The molecule has 8 nitrogen and oxygen atoms in total. The van der Waals surface area contributed by atoms with Crippen LogP contribution in [0.2, 0.25) is 0 Å². The van der Waals surface area contributed by atoms with E-state index in [4.69, 9.17) is 14.2 Å². The molecule has 3 aromatic rings. The van der Waals surface area contributed by atoms with Gasteiger partial charge in [0, 0.05) is 11.8 Å². The second kappa shape index (κ2) is 10.2. The predicted octanol–water partition coefficient (Wildman–Crippen LogP) is 4.05. The highest BCUT2D eigenvalue weighted by molar-refractivity contribution is 7.92. The fraction of sp³-hybridized carbons (Fsp3) is 0.174. The molecule has 0 bridgehead atoms. The Kier molecular flexibility index (Phi) is 7.39. The van der Waals surface area contributed by atoms with Gasteiger partial charge in [0.1, 0.15) is 23.1 Å². The third-order valence-corrected chi connectivity index (χ3v) is 5.96. The van der Waals surface area contributed by atoms with Gasteiger partial charge >= 0.3 is 0 Å². The van der Waals surface area contributed by atoms with Crippen molar-refractivity contribution in [3.63, 3.8) is 0 Å². The molecule has 0 saturated carbocycles. The number of amides is 1. The SMILES string of the molecule is COc1ccc(OC)c(NS(=O)(=O)c2ccc(NC(=O)[C@H](C)Oc3ccc(F)cc3)cc2)c1. The molecule has 0 spiro atoms. The average molecular weight is 475 g/mol. The van der Waals surface area contributed by atoms with Gasteiger partial charge in [-0.05, 0) is 67.6 Å². The molecule has 0 fully saturated rings. The van der Waals surface area contributed by atoms with Gasteiger partial charge in [0.15, 0.2) is 6.10 Å². The van der Waals surface area contributed by atoms with Crippen molar-refractivity contribution in [1.29, 1.82) is 0 Å². The van der Waals surface area contributed by atoms with Gasteiger partial charge in [-0.1, -0.05) is 0 Å². The lowest BCUT2D eigenvalue weighted by Gasteiger charge is -2.15. The fourth-order valence-corrected chi connectivity index (χ4v) is 3.89. The zero-order valence-corrected chi connectivity index (χ0v) is 19.0. The molecular formula is C23H23FN2O6S. The summed E-state index contributed by atoms with van der Waals surface area (Å²) in [4.78, 5) is 12.4. The maximum absolute atomic E-state index is 13.0. The van der Waals surface area contributed by atoms with Crippen molar-refractivity contribution >= 4 is 27.3 Å². The van der Waals surface area contributed by atoms with Crippen LogP contribution in [0.1, 0.15) is 6.92 Å². The normalized spacial score (nSPS) is 11.9. The molecule has 0 aliphatic carbocycles. The van der Waals surface area contributed by atoms with Crippen LogP contribution in [0, 0.1) is 5.82 Å². The molecule has 0 heterocycles. The molecule has 0 unspecified atom stereocenters. The maximum Gasteiger partial charge on any atom is 0.265 e. The number of methoxy groups -OCH3 is 2. The van der Waals surface area contributed by atoms with Crippen molar-refractivity contribution in [2.45, 2.75) is 17.9 Å². The summed E-state index contributed by atoms with van der Waals surface area (Å²) in [6.45, 7) is 1.54. The predicted molar refractivity (Wildman–Crippen MR) is 122 cm³/mol. The van der Waals surface area contributed by atoms with Gasteiger partial charge in [0.2, 0.25) is 0 Å². The summed E-state index contributed by atoms with van der Waals surface area (Å²) in [5, 5.41) is 2.65. The summed E-state index contributed by atoms with van der Waals surface area (Å²) in [5.74, 6) is 0.282. The number of nitrogens with one attached hydrogen (secondary N) is 2. The van der Waals surface area contributed by atoms with Crippen molar-refractivity contribution in [1.82, 2.24) is 0 Å². The van der Waals surface area contributed by atoms with E-state index in [0.29, 0.717) is 22.9 Å². The van der Waals surface area contributed by atoms with Crippen molar-refractivity contribution in [3.8, 4) is 17.2 Å². The molecule has 174 valence electrons. The van der Waals surface area contributed by atoms with Crippen LogP contribution in [0.15, 0.2) is 71.6 Å². The lowest BCUT2D eigenvalue weighted by Crippen LogP contribution is -2.30. The number of halogens is 1. The number of ether oxygens (including phenoxy) is 3. The first-order chi connectivity index (χ1) is 15.7. The first-order valence-electron chi connectivity index (χ1n) is 9.80. The number of hydrogen-bond acceptors (Lipinski definition) is 6. The summed E-state index contributed by atoms with van der Waals surface area (Å²) >= 11 is 0. The molecule has 10 heteroatoms. The number of rotatable bonds is 9. The minimum atomic E-state index is -3.93. The van der Waals surface area contributed by atoms with Gasteiger partial charge in [-0.3, -0.25) is 9.52 Å². The summed E-state index contributed by atoms with van der Waals surface area (Å²) in [6.07, 6.45) is -0.860. The van der Waals surface area contributed by atoms with Crippen LogP contribution in [0.25, 0.3) is 0 Å². The average Bonchev–Trinajstić information content (AvgIpc) is 2.80. The van der Waals surface area contributed by atoms with E-state index in [9.17, 15) is 17.6 Å². The molecule has 2 N–H and O–H groups in total. The molecule has 1 amide bonds. The molecule has 0 aromatic heterocycles. The van der Waals surface area contributed by atoms with Crippen LogP contribution in [-0.4, -0.2) is 34.6 Å². The first-order valence-corrected chi connectivity index (χ1v) is 11.3. The zero-order chi connectivity index (χ0) is 24.0. The molecule has 0 radical (unpaired) electrons. The molecular weight excluding hydrogens is 451 g/mol. The monoisotopic (exact) mass is 474 g/mol. The van der Waals surface area contributed by atoms with E-state index in [0.717, 1.165) is 0 Å². The Bertz CT molecular complexity index is 1210. The molecule has 0 saturated heterocycles. The standard InChI is InChI=1S/C23H23FN2O6S/c1-15(32-18-8-4-16(24)5-9-18)23(27)25-17-6-11-20(12-7-17)33(28,29)26-21-14-19(30-2)10-13-22(21)31-3/h4-15,26H,1-3H3,(H,25,27)/t15-/m0/s1. The van der Waals surface area contributed by atoms with Crippen LogP contribution in [0.5, 0.6) is 17.2 Å². The summed E-state index contributed by atoms with van der Waals surface area (Å²) in [7, 11) is -1.03. The lowest BCUT2D eigenvalue weighted by molar-refractivity contribution is -0.122. The summed E-state index contributed by atoms with van der Waals surface area (Å²) in [6, 6.07) is 15.7. The number of sulfonamides is 1.